The predicted octanol–water partition coefficient (Wildman–Crippen LogP) is 2.55. The zero-order valence-electron chi connectivity index (χ0n) is 9.82. The molecule has 0 unspecified atom stereocenters. The molecule has 0 aliphatic rings. The average molecular weight is 257 g/mol. The van der Waals surface area contributed by atoms with Crippen LogP contribution in [0.4, 0.5) is 5.69 Å². The maximum atomic E-state index is 11.0. The Morgan fingerprint density at radius 3 is 2.53 bits per heavy atom. The third-order valence-corrected chi connectivity index (χ3v) is 2.49. The Hall–Kier alpha value is -2.82. The van der Waals surface area contributed by atoms with Gasteiger partial charge in [-0.05, 0) is 24.3 Å². The fourth-order valence-corrected chi connectivity index (χ4v) is 1.55. The number of hydrogen-bond donors (Lipinski definition) is 3. The summed E-state index contributed by atoms with van der Waals surface area (Å²) in [6.07, 6.45) is 1.34. The third-order valence-electron chi connectivity index (χ3n) is 2.49. The minimum Gasteiger partial charge on any atom is -0.508 e. The molecule has 0 saturated heterocycles. The van der Waals surface area contributed by atoms with Crippen LogP contribution in [-0.2, 0) is 0 Å². The minimum absolute atomic E-state index is 0.0550. The first-order valence-corrected chi connectivity index (χ1v) is 5.46. The molecule has 19 heavy (non-hydrogen) atoms. The number of aromatic hydroxyl groups is 2. The Bertz CT molecular complexity index is 650. The number of hydrogen-bond acceptors (Lipinski definition) is 4. The van der Waals surface area contributed by atoms with E-state index in [1.165, 1.54) is 30.5 Å². The largest absolute Gasteiger partial charge is 0.508 e. The van der Waals surface area contributed by atoms with Gasteiger partial charge in [-0.2, -0.15) is 0 Å². The van der Waals surface area contributed by atoms with Crippen molar-refractivity contribution in [2.75, 3.05) is 0 Å². The first-order chi connectivity index (χ1) is 9.08. The summed E-state index contributed by atoms with van der Waals surface area (Å²) in [5.41, 5.74) is 0.762. The van der Waals surface area contributed by atoms with E-state index in [0.29, 0.717) is 11.3 Å². The summed E-state index contributed by atoms with van der Waals surface area (Å²) in [6, 6.07) is 10.4. The smallest absolute Gasteiger partial charge is 0.337 e. The van der Waals surface area contributed by atoms with E-state index in [4.69, 9.17) is 10.2 Å². The first-order valence-electron chi connectivity index (χ1n) is 5.46. The molecule has 5 nitrogen and oxygen atoms in total. The number of aliphatic imine (C=N–C) groups is 1. The lowest BCUT2D eigenvalue weighted by Crippen LogP contribution is -1.96. The standard InChI is InChI=1S/C14H11NO4/c16-10-6-5-9(13(17)7-10)8-15-12-4-2-1-3-11(12)14(18)19/h1-8,16-17H,(H,18,19). The first kappa shape index (κ1) is 12.6. The highest BCUT2D eigenvalue weighted by Crippen LogP contribution is 2.23. The Morgan fingerprint density at radius 2 is 1.84 bits per heavy atom. The highest BCUT2D eigenvalue weighted by atomic mass is 16.4. The molecule has 0 aliphatic heterocycles. The molecule has 0 bridgehead atoms. The Labute approximate surface area is 109 Å². The Morgan fingerprint density at radius 1 is 1.11 bits per heavy atom. The van der Waals surface area contributed by atoms with Crippen molar-refractivity contribution in [1.29, 1.82) is 0 Å². The van der Waals surface area contributed by atoms with Crippen LogP contribution in [0.15, 0.2) is 47.5 Å². The number of rotatable bonds is 3. The lowest BCUT2D eigenvalue weighted by Gasteiger charge is -2.01. The lowest BCUT2D eigenvalue weighted by atomic mass is 10.1. The highest BCUT2D eigenvalue weighted by Gasteiger charge is 2.07. The molecular weight excluding hydrogens is 246 g/mol. The molecule has 0 amide bonds. The quantitative estimate of drug-likeness (QED) is 0.737. The van der Waals surface area contributed by atoms with Crippen molar-refractivity contribution in [3.63, 3.8) is 0 Å². The van der Waals surface area contributed by atoms with Gasteiger partial charge in [-0.1, -0.05) is 12.1 Å². The fourth-order valence-electron chi connectivity index (χ4n) is 1.55. The fraction of sp³-hybridized carbons (Fsp3) is 0. The number of carboxylic acid groups (broad SMARTS) is 1. The molecule has 0 aliphatic carbocycles. The second-order valence-corrected chi connectivity index (χ2v) is 3.82. The van der Waals surface area contributed by atoms with Crippen molar-refractivity contribution in [2.24, 2.45) is 4.99 Å². The summed E-state index contributed by atoms with van der Waals surface area (Å²) in [5.74, 6) is -1.25. The van der Waals surface area contributed by atoms with E-state index in [1.54, 1.807) is 18.2 Å². The summed E-state index contributed by atoms with van der Waals surface area (Å²) >= 11 is 0. The summed E-state index contributed by atoms with van der Waals surface area (Å²) in [7, 11) is 0. The van der Waals surface area contributed by atoms with Gasteiger partial charge in [0.2, 0.25) is 0 Å². The van der Waals surface area contributed by atoms with Crippen LogP contribution in [0.3, 0.4) is 0 Å². The summed E-state index contributed by atoms with van der Waals surface area (Å²) in [6.45, 7) is 0. The van der Waals surface area contributed by atoms with Crippen molar-refractivity contribution < 1.29 is 20.1 Å². The van der Waals surface area contributed by atoms with Crippen molar-refractivity contribution in [1.82, 2.24) is 0 Å². The maximum absolute atomic E-state index is 11.0. The molecule has 2 aromatic carbocycles. The van der Waals surface area contributed by atoms with Gasteiger partial charge < -0.3 is 15.3 Å². The van der Waals surface area contributed by atoms with E-state index >= 15 is 0 Å². The normalized spacial score (nSPS) is 10.7. The van der Waals surface area contributed by atoms with Gasteiger partial charge in [-0.3, -0.25) is 4.99 Å². The van der Waals surface area contributed by atoms with Gasteiger partial charge >= 0.3 is 5.97 Å². The Balaban J connectivity index is 2.35. The van der Waals surface area contributed by atoms with Crippen LogP contribution >= 0.6 is 0 Å². The van der Waals surface area contributed by atoms with Crippen LogP contribution in [0.2, 0.25) is 0 Å². The molecular formula is C14H11NO4. The van der Waals surface area contributed by atoms with Crippen molar-refractivity contribution in [3.05, 3.63) is 53.6 Å². The molecule has 96 valence electrons. The van der Waals surface area contributed by atoms with Crippen LogP contribution in [0.1, 0.15) is 15.9 Å². The number of para-hydroxylation sites is 1. The lowest BCUT2D eigenvalue weighted by molar-refractivity contribution is 0.0698. The number of carbonyl (C=O) groups is 1. The zero-order valence-corrected chi connectivity index (χ0v) is 9.82. The second-order valence-electron chi connectivity index (χ2n) is 3.82. The molecule has 0 atom stereocenters. The summed E-state index contributed by atoms with van der Waals surface area (Å²) in [5, 5.41) is 27.7. The molecule has 5 heteroatoms. The van der Waals surface area contributed by atoms with Gasteiger partial charge in [0, 0.05) is 17.8 Å². The van der Waals surface area contributed by atoms with E-state index < -0.39 is 5.97 Å². The number of nitrogens with zero attached hydrogens (tertiary/aromatic N) is 1. The van der Waals surface area contributed by atoms with Gasteiger partial charge in [0.15, 0.2) is 0 Å². The number of carboxylic acids is 1. The van der Waals surface area contributed by atoms with E-state index in [0.717, 1.165) is 0 Å². The monoisotopic (exact) mass is 257 g/mol. The third kappa shape index (κ3) is 2.90. The number of benzene rings is 2. The van der Waals surface area contributed by atoms with Crippen molar-refractivity contribution in [3.8, 4) is 11.5 Å². The summed E-state index contributed by atoms with van der Waals surface area (Å²) in [4.78, 5) is 15.0. The van der Waals surface area contributed by atoms with Gasteiger partial charge in [0.05, 0.1) is 11.3 Å². The number of phenolic OH excluding ortho intramolecular Hbond substituents is 2. The van der Waals surface area contributed by atoms with Crippen LogP contribution in [0.25, 0.3) is 0 Å². The van der Waals surface area contributed by atoms with Crippen LogP contribution in [-0.4, -0.2) is 27.5 Å². The molecule has 0 aromatic heterocycles. The van der Waals surface area contributed by atoms with E-state index in [1.807, 2.05) is 0 Å². The van der Waals surface area contributed by atoms with E-state index in [9.17, 15) is 9.90 Å². The number of aromatic carboxylic acids is 1. The van der Waals surface area contributed by atoms with E-state index in [-0.39, 0.29) is 17.1 Å². The Kier molecular flexibility index (Phi) is 3.47. The maximum Gasteiger partial charge on any atom is 0.337 e. The molecule has 2 rings (SSSR count). The zero-order chi connectivity index (χ0) is 13.8. The molecule has 0 heterocycles. The second kappa shape index (κ2) is 5.22. The van der Waals surface area contributed by atoms with Crippen LogP contribution < -0.4 is 0 Å². The van der Waals surface area contributed by atoms with Gasteiger partial charge in [0.25, 0.3) is 0 Å². The van der Waals surface area contributed by atoms with E-state index in [2.05, 4.69) is 4.99 Å². The molecule has 0 radical (unpaired) electrons. The van der Waals surface area contributed by atoms with Gasteiger partial charge in [0.1, 0.15) is 11.5 Å². The SMILES string of the molecule is O=C(O)c1ccccc1N=Cc1ccc(O)cc1O. The summed E-state index contributed by atoms with van der Waals surface area (Å²) < 4.78 is 0. The van der Waals surface area contributed by atoms with Gasteiger partial charge in [-0.25, -0.2) is 4.79 Å². The van der Waals surface area contributed by atoms with Gasteiger partial charge in [-0.15, -0.1) is 0 Å². The van der Waals surface area contributed by atoms with Crippen LogP contribution in [0.5, 0.6) is 11.5 Å². The number of phenols is 2. The van der Waals surface area contributed by atoms with Crippen molar-refractivity contribution in [2.45, 2.75) is 0 Å². The topological polar surface area (TPSA) is 90.1 Å². The molecule has 0 saturated carbocycles. The van der Waals surface area contributed by atoms with Crippen molar-refractivity contribution >= 4 is 17.9 Å². The minimum atomic E-state index is -1.07. The average Bonchev–Trinajstić information content (AvgIpc) is 2.38. The highest BCUT2D eigenvalue weighted by molar-refractivity contribution is 5.95. The molecule has 0 spiro atoms. The molecule has 0 fully saturated rings. The van der Waals surface area contributed by atoms with Crippen LogP contribution in [0, 0.1) is 0 Å². The molecule has 3 N–H and O–H groups in total. The molecule has 2 aromatic rings. The predicted molar refractivity (Wildman–Crippen MR) is 70.4 cm³/mol.